The molecule has 3 heterocycles. The van der Waals surface area contributed by atoms with Crippen molar-refractivity contribution in [2.24, 2.45) is 0 Å². The molecule has 4 rings (SSSR count). The van der Waals surface area contributed by atoms with Gasteiger partial charge in [0.2, 0.25) is 5.91 Å². The summed E-state index contributed by atoms with van der Waals surface area (Å²) < 4.78 is 5.18. The van der Waals surface area contributed by atoms with E-state index in [1.807, 2.05) is 6.07 Å². The Labute approximate surface area is 156 Å². The minimum atomic E-state index is -0.200. The molecular formula is C20H19N3O2S. The number of carbonyl (C=O) groups is 1. The zero-order chi connectivity index (χ0) is 17.8. The number of hydrogen-bond acceptors (Lipinski definition) is 5. The summed E-state index contributed by atoms with van der Waals surface area (Å²) in [4.78, 5) is 20.3. The minimum absolute atomic E-state index is 0.200. The molecule has 1 N–H and O–H groups in total. The van der Waals surface area contributed by atoms with Gasteiger partial charge in [0.15, 0.2) is 5.13 Å². The quantitative estimate of drug-likeness (QED) is 0.696. The van der Waals surface area contributed by atoms with Gasteiger partial charge in [0.25, 0.3) is 0 Å². The zero-order valence-electron chi connectivity index (χ0n) is 14.2. The topological polar surface area (TPSA) is 58.4 Å². The number of nitrogens with zero attached hydrogens (tertiary/aromatic N) is 2. The predicted octanol–water partition coefficient (Wildman–Crippen LogP) is 3.95. The van der Waals surface area contributed by atoms with Crippen molar-refractivity contribution < 1.29 is 9.21 Å². The highest BCUT2D eigenvalue weighted by Gasteiger charge is 2.21. The Morgan fingerprint density at radius 2 is 2.15 bits per heavy atom. The normalized spacial score (nSPS) is 14.5. The second-order valence-corrected chi connectivity index (χ2v) is 7.26. The zero-order valence-corrected chi connectivity index (χ0v) is 15.0. The molecule has 6 heteroatoms. The summed E-state index contributed by atoms with van der Waals surface area (Å²) >= 11 is 1.56. The van der Waals surface area contributed by atoms with Crippen molar-refractivity contribution in [1.29, 1.82) is 0 Å². The van der Waals surface area contributed by atoms with Crippen molar-refractivity contribution in [3.05, 3.63) is 76.7 Å². The Bertz CT molecular complexity index is 901. The molecule has 132 valence electrons. The third kappa shape index (κ3) is 4.09. The maximum atomic E-state index is 12.0. The van der Waals surface area contributed by atoms with Crippen molar-refractivity contribution >= 4 is 28.5 Å². The Morgan fingerprint density at radius 3 is 2.96 bits per heavy atom. The van der Waals surface area contributed by atoms with E-state index in [9.17, 15) is 4.79 Å². The standard InChI is InChI=1S/C20H19N3O2S/c24-19(9-8-16-7-4-12-25-16)22-20-21-17-10-11-23(14-18(17)26-20)13-15-5-2-1-3-6-15/h1-9,12H,10-11,13-14H2,(H,21,22,24)/b9-8+. The average molecular weight is 365 g/mol. The first-order chi connectivity index (χ1) is 12.8. The molecule has 1 aliphatic rings. The van der Waals surface area contributed by atoms with E-state index in [0.29, 0.717) is 10.9 Å². The van der Waals surface area contributed by atoms with E-state index in [2.05, 4.69) is 39.5 Å². The lowest BCUT2D eigenvalue weighted by Gasteiger charge is -2.25. The van der Waals surface area contributed by atoms with Gasteiger partial charge in [-0.1, -0.05) is 30.3 Å². The van der Waals surface area contributed by atoms with E-state index in [1.54, 1.807) is 35.8 Å². The lowest BCUT2D eigenvalue weighted by atomic mass is 10.1. The van der Waals surface area contributed by atoms with Crippen LogP contribution < -0.4 is 5.32 Å². The van der Waals surface area contributed by atoms with Crippen molar-refractivity contribution in [1.82, 2.24) is 9.88 Å². The molecule has 26 heavy (non-hydrogen) atoms. The van der Waals surface area contributed by atoms with Crippen LogP contribution in [-0.2, 0) is 24.3 Å². The smallest absolute Gasteiger partial charge is 0.250 e. The van der Waals surface area contributed by atoms with Crippen molar-refractivity contribution in [2.45, 2.75) is 19.5 Å². The van der Waals surface area contributed by atoms with Gasteiger partial charge in [-0.05, 0) is 23.8 Å². The van der Waals surface area contributed by atoms with Crippen LogP contribution in [0.3, 0.4) is 0 Å². The summed E-state index contributed by atoms with van der Waals surface area (Å²) in [6.45, 7) is 2.79. The first kappa shape index (κ1) is 16.8. The highest BCUT2D eigenvalue weighted by atomic mass is 32.1. The second kappa shape index (κ2) is 7.68. The van der Waals surface area contributed by atoms with Crippen molar-refractivity contribution in [3.63, 3.8) is 0 Å². The average Bonchev–Trinajstić information content (AvgIpc) is 3.29. The molecule has 1 aliphatic heterocycles. The van der Waals surface area contributed by atoms with Gasteiger partial charge < -0.3 is 4.42 Å². The maximum absolute atomic E-state index is 12.0. The first-order valence-corrected chi connectivity index (χ1v) is 9.35. The number of anilines is 1. The fourth-order valence-electron chi connectivity index (χ4n) is 2.97. The van der Waals surface area contributed by atoms with Crippen LogP contribution in [0.15, 0.2) is 59.2 Å². The molecule has 0 atom stereocenters. The van der Waals surface area contributed by atoms with Gasteiger partial charge in [0.05, 0.1) is 12.0 Å². The third-order valence-electron chi connectivity index (χ3n) is 4.23. The monoisotopic (exact) mass is 365 g/mol. The Hall–Kier alpha value is -2.70. The molecule has 0 saturated heterocycles. The van der Waals surface area contributed by atoms with E-state index in [0.717, 1.165) is 31.7 Å². The van der Waals surface area contributed by atoms with Gasteiger partial charge in [0.1, 0.15) is 5.76 Å². The first-order valence-electron chi connectivity index (χ1n) is 8.54. The minimum Gasteiger partial charge on any atom is -0.465 e. The number of rotatable bonds is 5. The molecule has 1 amide bonds. The Balaban J connectivity index is 1.37. The predicted molar refractivity (Wildman–Crippen MR) is 103 cm³/mol. The third-order valence-corrected chi connectivity index (χ3v) is 5.23. The van der Waals surface area contributed by atoms with Gasteiger partial charge >= 0.3 is 0 Å². The molecule has 0 unspecified atom stereocenters. The number of nitrogens with one attached hydrogen (secondary N) is 1. The largest absolute Gasteiger partial charge is 0.465 e. The van der Waals surface area contributed by atoms with Crippen LogP contribution in [-0.4, -0.2) is 22.3 Å². The number of carbonyl (C=O) groups excluding carboxylic acids is 1. The van der Waals surface area contributed by atoms with Gasteiger partial charge in [-0.2, -0.15) is 0 Å². The fourth-order valence-corrected chi connectivity index (χ4v) is 4.02. The molecule has 1 aromatic carbocycles. The Kier molecular flexibility index (Phi) is 4.95. The lowest BCUT2D eigenvalue weighted by molar-refractivity contribution is -0.111. The molecule has 0 aliphatic carbocycles. The summed E-state index contributed by atoms with van der Waals surface area (Å²) in [6, 6.07) is 14.1. The molecular weight excluding hydrogens is 346 g/mol. The van der Waals surface area contributed by atoms with Gasteiger partial charge in [-0.3, -0.25) is 15.0 Å². The van der Waals surface area contributed by atoms with Crippen LogP contribution in [0.4, 0.5) is 5.13 Å². The maximum Gasteiger partial charge on any atom is 0.250 e. The van der Waals surface area contributed by atoms with E-state index in [1.165, 1.54) is 16.5 Å². The van der Waals surface area contributed by atoms with Crippen LogP contribution in [0.1, 0.15) is 21.9 Å². The lowest BCUT2D eigenvalue weighted by Crippen LogP contribution is -2.29. The Morgan fingerprint density at radius 1 is 1.27 bits per heavy atom. The summed E-state index contributed by atoms with van der Waals surface area (Å²) in [5.74, 6) is 0.448. The number of aromatic nitrogens is 1. The fraction of sp³-hybridized carbons (Fsp3) is 0.200. The molecule has 0 saturated carbocycles. The van der Waals surface area contributed by atoms with Crippen molar-refractivity contribution in [3.8, 4) is 0 Å². The van der Waals surface area contributed by atoms with E-state index >= 15 is 0 Å². The molecule has 3 aromatic rings. The molecule has 0 radical (unpaired) electrons. The molecule has 0 fully saturated rings. The van der Waals surface area contributed by atoms with E-state index < -0.39 is 0 Å². The summed E-state index contributed by atoms with van der Waals surface area (Å²) in [5, 5.41) is 3.51. The number of benzene rings is 1. The molecule has 2 aromatic heterocycles. The van der Waals surface area contributed by atoms with Crippen LogP contribution in [0, 0.1) is 0 Å². The van der Waals surface area contributed by atoms with Crippen LogP contribution in [0.25, 0.3) is 6.08 Å². The second-order valence-electron chi connectivity index (χ2n) is 6.17. The van der Waals surface area contributed by atoms with Crippen molar-refractivity contribution in [2.75, 3.05) is 11.9 Å². The molecule has 5 nitrogen and oxygen atoms in total. The number of thiazole rings is 1. The SMILES string of the molecule is O=C(/C=C/c1ccco1)Nc1nc2c(s1)CN(Cc1ccccc1)CC2. The number of hydrogen-bond donors (Lipinski definition) is 1. The van der Waals surface area contributed by atoms with Crippen LogP contribution in [0.5, 0.6) is 0 Å². The number of amides is 1. The van der Waals surface area contributed by atoms with E-state index in [-0.39, 0.29) is 5.91 Å². The summed E-state index contributed by atoms with van der Waals surface area (Å²) in [7, 11) is 0. The molecule has 0 spiro atoms. The summed E-state index contributed by atoms with van der Waals surface area (Å²) in [6.07, 6.45) is 5.59. The van der Waals surface area contributed by atoms with E-state index in [4.69, 9.17) is 4.42 Å². The highest BCUT2D eigenvalue weighted by Crippen LogP contribution is 2.29. The van der Waals surface area contributed by atoms with Crippen LogP contribution >= 0.6 is 11.3 Å². The summed E-state index contributed by atoms with van der Waals surface area (Å²) in [5.41, 5.74) is 2.42. The number of fused-ring (bicyclic) bond motifs is 1. The number of furan rings is 1. The van der Waals surface area contributed by atoms with Gasteiger partial charge in [0, 0.05) is 37.0 Å². The highest BCUT2D eigenvalue weighted by molar-refractivity contribution is 7.15. The van der Waals surface area contributed by atoms with Gasteiger partial charge in [-0.15, -0.1) is 11.3 Å². The molecule has 0 bridgehead atoms. The van der Waals surface area contributed by atoms with Gasteiger partial charge in [-0.25, -0.2) is 4.98 Å². The van der Waals surface area contributed by atoms with Crippen LogP contribution in [0.2, 0.25) is 0 Å².